The van der Waals surface area contributed by atoms with Crippen molar-refractivity contribution in [1.82, 2.24) is 14.9 Å². The lowest BCUT2D eigenvalue weighted by atomic mass is 10.2. The molecular weight excluding hydrogens is 542 g/mol. The molecular formula is C28H34F2N4O7. The van der Waals surface area contributed by atoms with Crippen LogP contribution >= 0.6 is 0 Å². The number of hydrogen-bond donors (Lipinski definition) is 2. The molecule has 0 amide bonds. The predicted molar refractivity (Wildman–Crippen MR) is 146 cm³/mol. The number of methoxy groups -OCH3 is 1. The molecule has 4 rings (SSSR count). The zero-order chi connectivity index (χ0) is 30.3. The van der Waals surface area contributed by atoms with E-state index >= 15 is 0 Å². The monoisotopic (exact) mass is 576 g/mol. The smallest absolute Gasteiger partial charge is 0.351 e. The van der Waals surface area contributed by atoms with E-state index < -0.39 is 36.4 Å². The molecule has 41 heavy (non-hydrogen) atoms. The first-order valence-corrected chi connectivity index (χ1v) is 12.5. The number of hydrogen-bond acceptors (Lipinski definition) is 10. The fraction of sp³-hybridized carbons (Fsp3) is 0.357. The Bertz CT molecular complexity index is 1250. The summed E-state index contributed by atoms with van der Waals surface area (Å²) < 4.78 is 48.8. The van der Waals surface area contributed by atoms with Crippen molar-refractivity contribution in [3.8, 4) is 5.75 Å². The molecule has 1 fully saturated rings. The minimum Gasteiger partial charge on any atom is -0.478 e. The number of nitrogens with two attached hydrogens (primary N) is 1. The van der Waals surface area contributed by atoms with Crippen LogP contribution in [0, 0.1) is 0 Å². The van der Waals surface area contributed by atoms with Gasteiger partial charge in [-0.25, -0.2) is 13.6 Å². The Balaban J connectivity index is 0.000000273. The van der Waals surface area contributed by atoms with Gasteiger partial charge in [0.2, 0.25) is 6.23 Å². The second kappa shape index (κ2) is 16.8. The van der Waals surface area contributed by atoms with Crippen LogP contribution in [0.25, 0.3) is 0 Å². The first-order chi connectivity index (χ1) is 19.7. The summed E-state index contributed by atoms with van der Waals surface area (Å²) in [5, 5.41) is 2.97. The number of carbonyl (C=O) groups excluding carboxylic acids is 2. The lowest BCUT2D eigenvalue weighted by molar-refractivity contribution is -0.147. The molecule has 2 aromatic carbocycles. The Morgan fingerprint density at radius 3 is 2.41 bits per heavy atom. The molecule has 1 saturated heterocycles. The minimum atomic E-state index is -3.15. The van der Waals surface area contributed by atoms with Gasteiger partial charge in [-0.15, -0.1) is 0 Å². The van der Waals surface area contributed by atoms with Gasteiger partial charge in [0.25, 0.3) is 5.92 Å². The Morgan fingerprint density at radius 2 is 1.80 bits per heavy atom. The van der Waals surface area contributed by atoms with Gasteiger partial charge in [-0.1, -0.05) is 48.5 Å². The van der Waals surface area contributed by atoms with Gasteiger partial charge in [0.15, 0.2) is 0 Å². The molecule has 1 aliphatic rings. The average molecular weight is 577 g/mol. The van der Waals surface area contributed by atoms with E-state index in [0.29, 0.717) is 0 Å². The Morgan fingerprint density at radius 1 is 1.17 bits per heavy atom. The van der Waals surface area contributed by atoms with Gasteiger partial charge in [0, 0.05) is 19.7 Å². The fourth-order valence-electron chi connectivity index (χ4n) is 3.60. The van der Waals surface area contributed by atoms with E-state index in [0.717, 1.165) is 22.1 Å². The topological polar surface area (TPSA) is 144 Å². The molecule has 2 heterocycles. The van der Waals surface area contributed by atoms with Crippen LogP contribution < -0.4 is 21.5 Å². The number of aromatic nitrogens is 2. The van der Waals surface area contributed by atoms with Gasteiger partial charge in [-0.3, -0.25) is 14.7 Å². The third-order valence-electron chi connectivity index (χ3n) is 5.59. The van der Waals surface area contributed by atoms with Crippen LogP contribution in [0.4, 0.5) is 14.6 Å². The van der Waals surface area contributed by atoms with E-state index in [1.54, 1.807) is 6.92 Å². The second-order valence-corrected chi connectivity index (χ2v) is 8.69. The van der Waals surface area contributed by atoms with Gasteiger partial charge in [-0.05, 0) is 30.7 Å². The molecule has 0 spiro atoms. The van der Waals surface area contributed by atoms with E-state index in [1.807, 2.05) is 67.5 Å². The van der Waals surface area contributed by atoms with Crippen molar-refractivity contribution in [2.75, 3.05) is 26.2 Å². The standard InChI is InChI=1S/C17H19NO3.C10H13F2N3O3.CH2O/c1-14(18-13-21-16-10-6-3-7-11-16)17(19)20-12-15-8-4-2-5-9-15;1-17-5-6-4-10(11,12)8(18-6)15-3-2-7(13)14-9(15)16;1-2/h2-11,14,18H,12-13H2,1H3;2-3,6,8H,4-5H2,1H3,(H2,13,14,16);1H2. The maximum Gasteiger partial charge on any atom is 0.351 e. The van der Waals surface area contributed by atoms with Crippen LogP contribution in [0.15, 0.2) is 77.7 Å². The van der Waals surface area contributed by atoms with Crippen LogP contribution in [-0.2, 0) is 30.4 Å². The molecule has 222 valence electrons. The zero-order valence-corrected chi connectivity index (χ0v) is 22.8. The molecule has 0 bridgehead atoms. The van der Waals surface area contributed by atoms with Crippen LogP contribution in [0.5, 0.6) is 5.75 Å². The Kier molecular flexibility index (Phi) is 13.5. The van der Waals surface area contributed by atoms with Gasteiger partial charge in [0.05, 0.1) is 12.7 Å². The average Bonchev–Trinajstić information content (AvgIpc) is 3.27. The minimum absolute atomic E-state index is 0.0222. The number of halogens is 2. The third kappa shape index (κ3) is 10.7. The maximum absolute atomic E-state index is 13.7. The number of esters is 1. The molecule has 0 radical (unpaired) electrons. The first kappa shape index (κ1) is 33.0. The highest BCUT2D eigenvalue weighted by Gasteiger charge is 2.51. The zero-order valence-electron chi connectivity index (χ0n) is 22.8. The van der Waals surface area contributed by atoms with Crippen molar-refractivity contribution < 1.29 is 37.3 Å². The molecule has 3 N–H and O–H groups in total. The van der Waals surface area contributed by atoms with Crippen LogP contribution in [0.3, 0.4) is 0 Å². The molecule has 13 heteroatoms. The lowest BCUT2D eigenvalue weighted by Crippen LogP contribution is -2.37. The van der Waals surface area contributed by atoms with Crippen molar-refractivity contribution in [3.05, 3.63) is 89.0 Å². The SMILES string of the molecule is C=O.CC(NCOc1ccccc1)C(=O)OCc1ccccc1.COCC1CC(F)(F)C(n2ccc(N)nc2=O)O1. The van der Waals surface area contributed by atoms with E-state index in [9.17, 15) is 18.4 Å². The number of benzene rings is 2. The molecule has 1 aromatic heterocycles. The van der Waals surface area contributed by atoms with Crippen molar-refractivity contribution >= 4 is 18.6 Å². The molecule has 3 unspecified atom stereocenters. The number of nitrogens with zero attached hydrogens (tertiary/aromatic N) is 2. The summed E-state index contributed by atoms with van der Waals surface area (Å²) in [7, 11) is 1.39. The number of para-hydroxylation sites is 1. The van der Waals surface area contributed by atoms with Crippen LogP contribution in [0.1, 0.15) is 25.1 Å². The van der Waals surface area contributed by atoms with Crippen molar-refractivity contribution in [1.29, 1.82) is 0 Å². The molecule has 11 nitrogen and oxygen atoms in total. The second-order valence-electron chi connectivity index (χ2n) is 8.69. The lowest BCUT2D eigenvalue weighted by Gasteiger charge is -2.19. The van der Waals surface area contributed by atoms with Gasteiger partial charge in [-0.2, -0.15) is 4.98 Å². The normalized spacial score (nSPS) is 17.7. The van der Waals surface area contributed by atoms with E-state index in [2.05, 4.69) is 10.3 Å². The molecule has 0 aliphatic carbocycles. The molecule has 3 atom stereocenters. The summed E-state index contributed by atoms with van der Waals surface area (Å²) in [6.07, 6.45) is -1.77. The number of carbonyl (C=O) groups is 2. The summed E-state index contributed by atoms with van der Waals surface area (Å²) in [6, 6.07) is 19.9. The summed E-state index contributed by atoms with van der Waals surface area (Å²) >= 11 is 0. The third-order valence-corrected chi connectivity index (χ3v) is 5.59. The molecule has 0 saturated carbocycles. The van der Waals surface area contributed by atoms with Crippen LogP contribution in [0.2, 0.25) is 0 Å². The van der Waals surface area contributed by atoms with Gasteiger partial charge >= 0.3 is 11.7 Å². The van der Waals surface area contributed by atoms with E-state index in [4.69, 9.17) is 29.5 Å². The highest BCUT2D eigenvalue weighted by molar-refractivity contribution is 5.75. The Labute approximate surface area is 236 Å². The maximum atomic E-state index is 13.7. The Hall–Kier alpha value is -4.20. The first-order valence-electron chi connectivity index (χ1n) is 12.5. The molecule has 3 aromatic rings. The van der Waals surface area contributed by atoms with Gasteiger partial charge in [0.1, 0.15) is 37.7 Å². The number of nitrogen functional groups attached to an aromatic ring is 1. The summed E-state index contributed by atoms with van der Waals surface area (Å²) in [6.45, 7) is 4.34. The van der Waals surface area contributed by atoms with Crippen molar-refractivity contribution in [3.63, 3.8) is 0 Å². The number of rotatable bonds is 10. The summed E-state index contributed by atoms with van der Waals surface area (Å²) in [4.78, 5) is 34.7. The number of nitrogens with one attached hydrogen (secondary N) is 1. The molecule has 1 aliphatic heterocycles. The van der Waals surface area contributed by atoms with E-state index in [-0.39, 0.29) is 31.7 Å². The summed E-state index contributed by atoms with van der Waals surface area (Å²) in [5.74, 6) is -2.71. The van der Waals surface area contributed by atoms with Crippen molar-refractivity contribution in [2.24, 2.45) is 0 Å². The number of alkyl halides is 2. The van der Waals surface area contributed by atoms with Crippen molar-refractivity contribution in [2.45, 2.75) is 44.2 Å². The fourth-order valence-corrected chi connectivity index (χ4v) is 3.60. The van der Waals surface area contributed by atoms with E-state index in [1.165, 1.54) is 13.2 Å². The predicted octanol–water partition coefficient (Wildman–Crippen LogP) is 2.95. The summed E-state index contributed by atoms with van der Waals surface area (Å²) in [5.41, 5.74) is 5.40. The highest BCUT2D eigenvalue weighted by Crippen LogP contribution is 2.41. The quantitative estimate of drug-likeness (QED) is 0.273. The highest BCUT2D eigenvalue weighted by atomic mass is 19.3. The largest absolute Gasteiger partial charge is 0.478 e. The number of ether oxygens (including phenoxy) is 4. The van der Waals surface area contributed by atoms with Crippen LogP contribution in [-0.4, -0.2) is 60.8 Å². The number of anilines is 1. The van der Waals surface area contributed by atoms with Gasteiger partial charge < -0.3 is 29.5 Å².